The summed E-state index contributed by atoms with van der Waals surface area (Å²) in [6.07, 6.45) is 0.978. The molecule has 84 valence electrons. The van der Waals surface area contributed by atoms with E-state index in [0.29, 0.717) is 19.3 Å². The van der Waals surface area contributed by atoms with E-state index in [-0.39, 0.29) is 12.0 Å². The van der Waals surface area contributed by atoms with E-state index < -0.39 is 11.5 Å². The molecule has 4 heteroatoms. The molecule has 0 saturated heterocycles. The summed E-state index contributed by atoms with van der Waals surface area (Å²) in [5, 5.41) is 2.15. The molecule has 0 aromatic heterocycles. The normalized spacial score (nSPS) is 17.6. The lowest BCUT2D eigenvalue weighted by molar-refractivity contribution is -0.110. The fourth-order valence-corrected chi connectivity index (χ4v) is 1.60. The second-order valence-electron chi connectivity index (χ2n) is 3.97. The Labute approximate surface area is 90.2 Å². The van der Waals surface area contributed by atoms with Crippen LogP contribution < -0.4 is 5.32 Å². The number of alkyl halides is 2. The first-order valence-electron chi connectivity index (χ1n) is 4.96. The molecule has 0 aliphatic carbocycles. The fraction of sp³-hybridized carbons (Fsp3) is 0.900. The van der Waals surface area contributed by atoms with Gasteiger partial charge >= 0.3 is 0 Å². The van der Waals surface area contributed by atoms with Crippen LogP contribution in [0.3, 0.4) is 0 Å². The van der Waals surface area contributed by atoms with Crippen molar-refractivity contribution >= 4 is 18.0 Å². The number of nitrogens with one attached hydrogen (secondary N) is 1. The zero-order valence-electron chi connectivity index (χ0n) is 8.97. The molecule has 0 aromatic carbocycles. The highest BCUT2D eigenvalue weighted by Gasteiger charge is 2.22. The summed E-state index contributed by atoms with van der Waals surface area (Å²) in [6.45, 7) is 5.50. The van der Waals surface area contributed by atoms with Gasteiger partial charge in [0, 0.05) is 6.04 Å². The van der Waals surface area contributed by atoms with Gasteiger partial charge in [0.15, 0.2) is 0 Å². The first-order chi connectivity index (χ1) is 6.49. The molecule has 2 nitrogen and oxygen atoms in total. The molecule has 0 aromatic rings. The topological polar surface area (TPSA) is 29.1 Å². The minimum atomic E-state index is -0.972. The van der Waals surface area contributed by atoms with Crippen molar-refractivity contribution < 1.29 is 9.18 Å². The molecular weight excluding hydrogens is 205 g/mol. The van der Waals surface area contributed by atoms with Crippen molar-refractivity contribution in [3.05, 3.63) is 0 Å². The number of rotatable bonds is 7. The molecule has 0 bridgehead atoms. The quantitative estimate of drug-likeness (QED) is 0.522. The van der Waals surface area contributed by atoms with Gasteiger partial charge in [0.1, 0.15) is 6.17 Å². The largest absolute Gasteiger partial charge is 0.356 e. The van der Waals surface area contributed by atoms with Crippen molar-refractivity contribution in [2.75, 3.05) is 0 Å². The van der Waals surface area contributed by atoms with Gasteiger partial charge in [-0.2, -0.15) is 0 Å². The van der Waals surface area contributed by atoms with E-state index in [2.05, 4.69) is 5.32 Å². The van der Waals surface area contributed by atoms with Crippen LogP contribution in [-0.2, 0) is 4.79 Å². The monoisotopic (exact) mass is 223 g/mol. The van der Waals surface area contributed by atoms with Gasteiger partial charge in [-0.05, 0) is 25.7 Å². The van der Waals surface area contributed by atoms with Crippen LogP contribution in [0.2, 0.25) is 0 Å². The standard InChI is InChI=1S/C10H19ClFNO/c1-7(2)10(12)9(11)5-4-8(3)13-6-14/h6-10H,4-5H2,1-3H3,(H,13,14). The van der Waals surface area contributed by atoms with Crippen LogP contribution in [-0.4, -0.2) is 24.0 Å². The van der Waals surface area contributed by atoms with E-state index in [4.69, 9.17) is 11.6 Å². The molecule has 0 aliphatic rings. The van der Waals surface area contributed by atoms with E-state index in [9.17, 15) is 9.18 Å². The lowest BCUT2D eigenvalue weighted by Gasteiger charge is -2.19. The zero-order chi connectivity index (χ0) is 11.1. The van der Waals surface area contributed by atoms with E-state index in [1.54, 1.807) is 0 Å². The molecule has 14 heavy (non-hydrogen) atoms. The average molecular weight is 224 g/mol. The lowest BCUT2D eigenvalue weighted by Crippen LogP contribution is -2.28. The second kappa shape index (κ2) is 7.04. The van der Waals surface area contributed by atoms with Crippen LogP contribution in [0.15, 0.2) is 0 Å². The fourth-order valence-electron chi connectivity index (χ4n) is 1.19. The Bertz CT molecular complexity index is 166. The Hall–Kier alpha value is -0.310. The van der Waals surface area contributed by atoms with Gasteiger partial charge in [0.2, 0.25) is 6.41 Å². The highest BCUT2D eigenvalue weighted by atomic mass is 35.5. The zero-order valence-corrected chi connectivity index (χ0v) is 9.72. The van der Waals surface area contributed by atoms with Gasteiger partial charge in [-0.25, -0.2) is 4.39 Å². The lowest BCUT2D eigenvalue weighted by atomic mass is 10.0. The SMILES string of the molecule is CC(CCC(Cl)C(F)C(C)C)NC=O. The molecule has 0 radical (unpaired) electrons. The first-order valence-corrected chi connectivity index (χ1v) is 5.40. The van der Waals surface area contributed by atoms with E-state index >= 15 is 0 Å². The summed E-state index contributed by atoms with van der Waals surface area (Å²) in [4.78, 5) is 10.1. The maximum Gasteiger partial charge on any atom is 0.207 e. The Morgan fingerprint density at radius 3 is 2.36 bits per heavy atom. The van der Waals surface area contributed by atoms with Gasteiger partial charge < -0.3 is 5.32 Å². The van der Waals surface area contributed by atoms with Gasteiger partial charge in [-0.1, -0.05) is 13.8 Å². The highest BCUT2D eigenvalue weighted by molar-refractivity contribution is 6.21. The Balaban J connectivity index is 3.72. The number of carbonyl (C=O) groups excluding carboxylic acids is 1. The summed E-state index contributed by atoms with van der Waals surface area (Å²) < 4.78 is 13.3. The van der Waals surface area contributed by atoms with Crippen LogP contribution in [0.4, 0.5) is 4.39 Å². The predicted octanol–water partition coefficient (Wildman–Crippen LogP) is 2.50. The number of amides is 1. The summed E-state index contributed by atoms with van der Waals surface area (Å²) in [5.41, 5.74) is 0. The van der Waals surface area contributed by atoms with Gasteiger partial charge in [-0.15, -0.1) is 11.6 Å². The molecule has 0 heterocycles. The van der Waals surface area contributed by atoms with Gasteiger partial charge in [0.05, 0.1) is 5.38 Å². The predicted molar refractivity (Wildman–Crippen MR) is 57.3 cm³/mol. The Kier molecular flexibility index (Phi) is 6.89. The van der Waals surface area contributed by atoms with Crippen molar-refractivity contribution in [3.8, 4) is 0 Å². The van der Waals surface area contributed by atoms with Crippen molar-refractivity contribution in [3.63, 3.8) is 0 Å². The average Bonchev–Trinajstić information content (AvgIpc) is 2.13. The molecule has 0 fully saturated rings. The molecular formula is C10H19ClFNO. The number of carbonyl (C=O) groups is 1. The molecule has 0 aliphatic heterocycles. The van der Waals surface area contributed by atoms with E-state index in [1.807, 2.05) is 20.8 Å². The maximum atomic E-state index is 13.3. The third-order valence-electron chi connectivity index (χ3n) is 2.21. The minimum absolute atomic E-state index is 0.0492. The van der Waals surface area contributed by atoms with Crippen LogP contribution >= 0.6 is 11.6 Å². The second-order valence-corrected chi connectivity index (χ2v) is 4.53. The Morgan fingerprint density at radius 2 is 1.93 bits per heavy atom. The molecule has 1 amide bonds. The third-order valence-corrected chi connectivity index (χ3v) is 2.67. The first kappa shape index (κ1) is 13.7. The van der Waals surface area contributed by atoms with Crippen molar-refractivity contribution in [2.24, 2.45) is 5.92 Å². The number of halogens is 2. The molecule has 0 spiro atoms. The third kappa shape index (κ3) is 5.43. The van der Waals surface area contributed by atoms with Crippen LogP contribution in [0.25, 0.3) is 0 Å². The van der Waals surface area contributed by atoms with Gasteiger partial charge in [-0.3, -0.25) is 4.79 Å². The molecule has 1 N–H and O–H groups in total. The van der Waals surface area contributed by atoms with E-state index in [1.165, 1.54) is 0 Å². The summed E-state index contributed by atoms with van der Waals surface area (Å²) in [6, 6.07) is 0.0631. The highest BCUT2D eigenvalue weighted by Crippen LogP contribution is 2.20. The summed E-state index contributed by atoms with van der Waals surface area (Å²) >= 11 is 5.88. The Morgan fingerprint density at radius 1 is 1.36 bits per heavy atom. The van der Waals surface area contributed by atoms with E-state index in [0.717, 1.165) is 0 Å². The number of hydrogen-bond donors (Lipinski definition) is 1. The molecule has 0 rings (SSSR count). The molecule has 3 atom stereocenters. The number of hydrogen-bond acceptors (Lipinski definition) is 1. The summed E-state index contributed by atoms with van der Waals surface area (Å²) in [7, 11) is 0. The summed E-state index contributed by atoms with van der Waals surface area (Å²) in [5.74, 6) is -0.0492. The van der Waals surface area contributed by atoms with Crippen LogP contribution in [0.1, 0.15) is 33.6 Å². The molecule has 0 saturated carbocycles. The maximum absolute atomic E-state index is 13.3. The minimum Gasteiger partial charge on any atom is -0.356 e. The molecule has 3 unspecified atom stereocenters. The smallest absolute Gasteiger partial charge is 0.207 e. The van der Waals surface area contributed by atoms with Crippen LogP contribution in [0, 0.1) is 5.92 Å². The van der Waals surface area contributed by atoms with Crippen LogP contribution in [0.5, 0.6) is 0 Å². The van der Waals surface area contributed by atoms with Crippen molar-refractivity contribution in [2.45, 2.75) is 51.2 Å². The van der Waals surface area contributed by atoms with Crippen molar-refractivity contribution in [1.82, 2.24) is 5.32 Å². The van der Waals surface area contributed by atoms with Crippen molar-refractivity contribution in [1.29, 1.82) is 0 Å². The van der Waals surface area contributed by atoms with Gasteiger partial charge in [0.25, 0.3) is 0 Å².